The molecule has 4 heteroatoms. The highest BCUT2D eigenvalue weighted by molar-refractivity contribution is 7.19. The van der Waals surface area contributed by atoms with Crippen LogP contribution in [0.4, 0.5) is 0 Å². The van der Waals surface area contributed by atoms with Crippen molar-refractivity contribution in [1.82, 2.24) is 4.90 Å². The van der Waals surface area contributed by atoms with Crippen molar-refractivity contribution >= 4 is 27.4 Å². The van der Waals surface area contributed by atoms with E-state index in [1.165, 1.54) is 15.0 Å². The number of thiophene rings is 1. The van der Waals surface area contributed by atoms with Gasteiger partial charge in [-0.25, -0.2) is 0 Å². The molecule has 106 valence electrons. The van der Waals surface area contributed by atoms with E-state index in [0.29, 0.717) is 12.6 Å². The van der Waals surface area contributed by atoms with Crippen molar-refractivity contribution in [2.75, 3.05) is 13.1 Å². The Balaban J connectivity index is 1.82. The van der Waals surface area contributed by atoms with E-state index < -0.39 is 5.97 Å². The van der Waals surface area contributed by atoms with E-state index in [1.807, 2.05) is 18.3 Å². The van der Waals surface area contributed by atoms with Crippen molar-refractivity contribution in [3.63, 3.8) is 0 Å². The molecule has 1 fully saturated rings. The van der Waals surface area contributed by atoms with Gasteiger partial charge in [0.05, 0.1) is 5.92 Å². The molecule has 0 radical (unpaired) electrons. The molecule has 3 rings (SSSR count). The monoisotopic (exact) mass is 289 g/mol. The van der Waals surface area contributed by atoms with Gasteiger partial charge in [-0.15, -0.1) is 11.3 Å². The zero-order chi connectivity index (χ0) is 14.3. The van der Waals surface area contributed by atoms with Crippen LogP contribution in [0.5, 0.6) is 0 Å². The summed E-state index contributed by atoms with van der Waals surface area (Å²) in [6.45, 7) is 5.75. The molecule has 0 bridgehead atoms. The van der Waals surface area contributed by atoms with Crippen molar-refractivity contribution in [2.45, 2.75) is 19.9 Å². The lowest BCUT2D eigenvalue weighted by atomic mass is 9.99. The molecule has 0 spiro atoms. The smallest absolute Gasteiger partial charge is 0.308 e. The molecule has 1 saturated heterocycles. The van der Waals surface area contributed by atoms with Gasteiger partial charge in [-0.3, -0.25) is 9.69 Å². The van der Waals surface area contributed by atoms with E-state index in [-0.39, 0.29) is 11.8 Å². The molecule has 1 N–H and O–H groups in total. The van der Waals surface area contributed by atoms with Crippen LogP contribution in [0, 0.1) is 11.8 Å². The number of nitrogens with zero attached hydrogens (tertiary/aromatic N) is 1. The number of carboxylic acids is 1. The van der Waals surface area contributed by atoms with E-state index in [4.69, 9.17) is 0 Å². The zero-order valence-corrected chi connectivity index (χ0v) is 12.6. The van der Waals surface area contributed by atoms with Gasteiger partial charge in [-0.05, 0) is 30.4 Å². The lowest BCUT2D eigenvalue weighted by Gasteiger charge is -2.23. The fourth-order valence-electron chi connectivity index (χ4n) is 3.03. The molecule has 1 aromatic heterocycles. The van der Waals surface area contributed by atoms with E-state index in [0.717, 1.165) is 6.54 Å². The topological polar surface area (TPSA) is 40.5 Å². The molecule has 2 heterocycles. The first-order valence-electron chi connectivity index (χ1n) is 7.01. The van der Waals surface area contributed by atoms with Crippen molar-refractivity contribution < 1.29 is 9.90 Å². The number of carbonyl (C=O) groups is 1. The molecule has 1 aliphatic heterocycles. The molecule has 20 heavy (non-hydrogen) atoms. The van der Waals surface area contributed by atoms with Gasteiger partial charge >= 0.3 is 5.97 Å². The van der Waals surface area contributed by atoms with Crippen LogP contribution in [0.1, 0.15) is 24.8 Å². The minimum absolute atomic E-state index is 0.226. The van der Waals surface area contributed by atoms with Crippen LogP contribution in [0.15, 0.2) is 30.3 Å². The molecule has 0 amide bonds. The SMILES string of the molecule is CC(c1cc2ccccc2s1)N1C[C@@H](C)[C@H](C(=O)O)C1. The number of rotatable bonds is 3. The second-order valence-corrected chi connectivity index (χ2v) is 6.85. The third kappa shape index (κ3) is 2.34. The normalized spacial score (nSPS) is 25.1. The minimum atomic E-state index is -0.663. The van der Waals surface area contributed by atoms with Crippen LogP contribution in [-0.4, -0.2) is 29.1 Å². The first kappa shape index (κ1) is 13.6. The summed E-state index contributed by atoms with van der Waals surface area (Å²) in [5.74, 6) is -0.667. The van der Waals surface area contributed by atoms with Crippen LogP contribution in [0.3, 0.4) is 0 Å². The standard InChI is InChI=1S/C16H19NO2S/c1-10-8-17(9-13(10)16(18)19)11(2)15-7-12-5-3-4-6-14(12)20-15/h3-7,10-11,13H,8-9H2,1-2H3,(H,18,19)/t10-,11?,13-/m1/s1. The van der Waals surface area contributed by atoms with Gasteiger partial charge in [0.25, 0.3) is 0 Å². The van der Waals surface area contributed by atoms with Crippen LogP contribution in [0.25, 0.3) is 10.1 Å². The van der Waals surface area contributed by atoms with Crippen molar-refractivity contribution in [1.29, 1.82) is 0 Å². The maximum Gasteiger partial charge on any atom is 0.308 e. The van der Waals surface area contributed by atoms with E-state index in [1.54, 1.807) is 0 Å². The molecule has 3 nitrogen and oxygen atoms in total. The van der Waals surface area contributed by atoms with Gasteiger partial charge in [0.2, 0.25) is 0 Å². The Morgan fingerprint density at radius 2 is 2.15 bits per heavy atom. The Kier molecular flexibility index (Phi) is 3.52. The molecular formula is C16H19NO2S. The third-order valence-corrected chi connectivity index (χ3v) is 5.65. The second-order valence-electron chi connectivity index (χ2n) is 5.74. The first-order chi connectivity index (χ1) is 9.56. The summed E-state index contributed by atoms with van der Waals surface area (Å²) in [5.41, 5.74) is 0. The Hall–Kier alpha value is -1.39. The lowest BCUT2D eigenvalue weighted by molar-refractivity contribution is -0.142. The average molecular weight is 289 g/mol. The molecule has 0 saturated carbocycles. The number of hydrogen-bond donors (Lipinski definition) is 1. The third-order valence-electron chi connectivity index (χ3n) is 4.36. The Labute approximate surface area is 122 Å². The number of hydrogen-bond acceptors (Lipinski definition) is 3. The van der Waals surface area contributed by atoms with Gasteiger partial charge in [-0.1, -0.05) is 25.1 Å². The van der Waals surface area contributed by atoms with Crippen molar-refractivity contribution in [2.24, 2.45) is 11.8 Å². The molecule has 0 aliphatic carbocycles. The summed E-state index contributed by atoms with van der Waals surface area (Å²) in [6, 6.07) is 10.9. The van der Waals surface area contributed by atoms with Gasteiger partial charge in [0, 0.05) is 28.7 Å². The maximum absolute atomic E-state index is 11.2. The highest BCUT2D eigenvalue weighted by Crippen LogP contribution is 2.36. The Morgan fingerprint density at radius 3 is 2.80 bits per heavy atom. The highest BCUT2D eigenvalue weighted by Gasteiger charge is 2.37. The predicted molar refractivity (Wildman–Crippen MR) is 82.1 cm³/mol. The van der Waals surface area contributed by atoms with Crippen LogP contribution in [-0.2, 0) is 4.79 Å². The van der Waals surface area contributed by atoms with Gasteiger partial charge in [0.15, 0.2) is 0 Å². The summed E-state index contributed by atoms with van der Waals surface area (Å²) in [6.07, 6.45) is 0. The average Bonchev–Trinajstić information content (AvgIpc) is 3.01. The number of fused-ring (bicyclic) bond motifs is 1. The first-order valence-corrected chi connectivity index (χ1v) is 7.83. The maximum atomic E-state index is 11.2. The molecule has 2 aromatic rings. The van der Waals surface area contributed by atoms with Gasteiger partial charge < -0.3 is 5.11 Å². The van der Waals surface area contributed by atoms with Gasteiger partial charge in [0.1, 0.15) is 0 Å². The second kappa shape index (κ2) is 5.19. The van der Waals surface area contributed by atoms with Crippen LogP contribution < -0.4 is 0 Å². The number of likely N-dealkylation sites (tertiary alicyclic amines) is 1. The largest absolute Gasteiger partial charge is 0.481 e. The van der Waals surface area contributed by atoms with Crippen LogP contribution in [0.2, 0.25) is 0 Å². The summed E-state index contributed by atoms with van der Waals surface area (Å²) >= 11 is 1.81. The van der Waals surface area contributed by atoms with Crippen LogP contribution >= 0.6 is 11.3 Å². The number of benzene rings is 1. The summed E-state index contributed by atoms with van der Waals surface area (Å²) in [5, 5.41) is 10.5. The number of carboxylic acid groups (broad SMARTS) is 1. The molecule has 1 unspecified atom stereocenters. The number of aliphatic carboxylic acids is 1. The quantitative estimate of drug-likeness (QED) is 0.938. The Bertz CT molecular complexity index is 603. The molecule has 1 aromatic carbocycles. The summed E-state index contributed by atoms with van der Waals surface area (Å²) < 4.78 is 1.30. The van der Waals surface area contributed by atoms with E-state index >= 15 is 0 Å². The van der Waals surface area contributed by atoms with E-state index in [2.05, 4.69) is 42.2 Å². The molecular weight excluding hydrogens is 270 g/mol. The molecule has 3 atom stereocenters. The summed E-state index contributed by atoms with van der Waals surface area (Å²) in [4.78, 5) is 14.9. The van der Waals surface area contributed by atoms with E-state index in [9.17, 15) is 9.90 Å². The minimum Gasteiger partial charge on any atom is -0.481 e. The Morgan fingerprint density at radius 1 is 1.40 bits per heavy atom. The lowest BCUT2D eigenvalue weighted by Crippen LogP contribution is -2.25. The summed E-state index contributed by atoms with van der Waals surface area (Å²) in [7, 11) is 0. The molecule has 1 aliphatic rings. The highest BCUT2D eigenvalue weighted by atomic mass is 32.1. The van der Waals surface area contributed by atoms with Gasteiger partial charge in [-0.2, -0.15) is 0 Å². The fourth-order valence-corrected chi connectivity index (χ4v) is 4.18. The fraction of sp³-hybridized carbons (Fsp3) is 0.438. The van der Waals surface area contributed by atoms with Crippen molar-refractivity contribution in [3.05, 3.63) is 35.2 Å². The predicted octanol–water partition coefficient (Wildman–Crippen LogP) is 3.61. The van der Waals surface area contributed by atoms with Crippen molar-refractivity contribution in [3.8, 4) is 0 Å². The zero-order valence-electron chi connectivity index (χ0n) is 11.7.